The van der Waals surface area contributed by atoms with E-state index in [0.717, 1.165) is 5.56 Å². The van der Waals surface area contributed by atoms with Gasteiger partial charge in [-0.3, -0.25) is 9.59 Å². The van der Waals surface area contributed by atoms with Gasteiger partial charge >= 0.3 is 5.97 Å². The molecule has 0 aliphatic carbocycles. The van der Waals surface area contributed by atoms with Crippen LogP contribution in [0, 0.1) is 0 Å². The number of hydrogen-bond acceptors (Lipinski definition) is 3. The summed E-state index contributed by atoms with van der Waals surface area (Å²) < 4.78 is 0. The summed E-state index contributed by atoms with van der Waals surface area (Å²) in [7, 11) is 1.69. The number of rotatable bonds is 7. The topological polar surface area (TPSA) is 78.4 Å². The molecule has 1 unspecified atom stereocenters. The molecule has 1 rings (SSSR count). The minimum Gasteiger partial charge on any atom is -0.481 e. The maximum absolute atomic E-state index is 11.6. The number of benzene rings is 1. The third kappa shape index (κ3) is 4.97. The van der Waals surface area contributed by atoms with Crippen LogP contribution < -0.4 is 10.6 Å². The molecule has 0 radical (unpaired) electrons. The van der Waals surface area contributed by atoms with Gasteiger partial charge in [-0.25, -0.2) is 0 Å². The Kier molecular flexibility index (Phi) is 5.87. The molecule has 0 aliphatic rings. The highest BCUT2D eigenvalue weighted by Gasteiger charge is 2.15. The number of carbonyl (C=O) groups is 2. The minimum absolute atomic E-state index is 0.0272. The monoisotopic (exact) mass is 250 g/mol. The lowest BCUT2D eigenvalue weighted by molar-refractivity contribution is -0.137. The Bertz CT molecular complexity index is 392. The van der Waals surface area contributed by atoms with E-state index >= 15 is 0 Å². The molecule has 0 aromatic heterocycles. The van der Waals surface area contributed by atoms with Crippen molar-refractivity contribution in [1.29, 1.82) is 0 Å². The van der Waals surface area contributed by atoms with Crippen molar-refractivity contribution in [3.05, 3.63) is 35.9 Å². The first kappa shape index (κ1) is 14.2. The molecule has 3 N–H and O–H groups in total. The average molecular weight is 250 g/mol. The van der Waals surface area contributed by atoms with E-state index in [1.807, 2.05) is 30.3 Å². The van der Waals surface area contributed by atoms with Crippen LogP contribution in [0.5, 0.6) is 0 Å². The van der Waals surface area contributed by atoms with Gasteiger partial charge in [0.05, 0.1) is 12.6 Å². The molecule has 98 valence electrons. The van der Waals surface area contributed by atoms with E-state index in [9.17, 15) is 9.59 Å². The van der Waals surface area contributed by atoms with E-state index in [1.165, 1.54) is 0 Å². The van der Waals surface area contributed by atoms with Crippen molar-refractivity contribution in [2.45, 2.75) is 18.9 Å². The Labute approximate surface area is 106 Å². The molecule has 0 fully saturated rings. The summed E-state index contributed by atoms with van der Waals surface area (Å²) in [5.74, 6) is -1.00. The lowest BCUT2D eigenvalue weighted by Crippen LogP contribution is -2.35. The maximum atomic E-state index is 11.6. The van der Waals surface area contributed by atoms with Crippen LogP contribution in [0.25, 0.3) is 0 Å². The largest absolute Gasteiger partial charge is 0.481 e. The minimum atomic E-state index is -0.862. The van der Waals surface area contributed by atoms with Gasteiger partial charge in [0.1, 0.15) is 0 Å². The second-order valence-corrected chi connectivity index (χ2v) is 3.99. The van der Waals surface area contributed by atoms with Crippen LogP contribution in [-0.2, 0) is 9.59 Å². The van der Waals surface area contributed by atoms with Gasteiger partial charge in [-0.1, -0.05) is 30.3 Å². The third-order valence-electron chi connectivity index (χ3n) is 2.52. The maximum Gasteiger partial charge on any atom is 0.303 e. The SMILES string of the molecule is CNCC(=O)NC(CCC(=O)O)c1ccccc1. The normalized spacial score (nSPS) is 11.8. The molecule has 1 aromatic rings. The van der Waals surface area contributed by atoms with Crippen molar-refractivity contribution in [2.24, 2.45) is 0 Å². The zero-order valence-electron chi connectivity index (χ0n) is 10.3. The number of amides is 1. The van der Waals surface area contributed by atoms with Gasteiger partial charge in [0.2, 0.25) is 5.91 Å². The Morgan fingerprint density at radius 3 is 2.50 bits per heavy atom. The number of nitrogens with one attached hydrogen (secondary N) is 2. The zero-order valence-corrected chi connectivity index (χ0v) is 10.3. The van der Waals surface area contributed by atoms with E-state index in [4.69, 9.17) is 5.11 Å². The summed E-state index contributed by atoms with van der Waals surface area (Å²) >= 11 is 0. The van der Waals surface area contributed by atoms with Crippen LogP contribution in [0.15, 0.2) is 30.3 Å². The number of likely N-dealkylation sites (N-methyl/N-ethyl adjacent to an activating group) is 1. The fourth-order valence-electron chi connectivity index (χ4n) is 1.68. The highest BCUT2D eigenvalue weighted by Crippen LogP contribution is 2.18. The Morgan fingerprint density at radius 2 is 1.94 bits per heavy atom. The van der Waals surface area contributed by atoms with Crippen LogP contribution in [0.3, 0.4) is 0 Å². The summed E-state index contributed by atoms with van der Waals surface area (Å²) in [5.41, 5.74) is 0.920. The molecular weight excluding hydrogens is 232 g/mol. The van der Waals surface area contributed by atoms with Crippen molar-refractivity contribution >= 4 is 11.9 Å². The van der Waals surface area contributed by atoms with Crippen LogP contribution in [0.1, 0.15) is 24.4 Å². The van der Waals surface area contributed by atoms with Gasteiger partial charge in [0.15, 0.2) is 0 Å². The molecule has 1 amide bonds. The number of hydrogen-bond donors (Lipinski definition) is 3. The van der Waals surface area contributed by atoms with Gasteiger partial charge in [0, 0.05) is 6.42 Å². The van der Waals surface area contributed by atoms with Crippen molar-refractivity contribution in [3.63, 3.8) is 0 Å². The molecule has 0 heterocycles. The summed E-state index contributed by atoms with van der Waals surface area (Å²) in [6, 6.07) is 9.12. The van der Waals surface area contributed by atoms with E-state index in [1.54, 1.807) is 7.05 Å². The highest BCUT2D eigenvalue weighted by molar-refractivity contribution is 5.78. The summed E-state index contributed by atoms with van der Waals surface area (Å²) in [4.78, 5) is 22.2. The molecule has 0 saturated carbocycles. The van der Waals surface area contributed by atoms with Crippen molar-refractivity contribution < 1.29 is 14.7 Å². The van der Waals surface area contributed by atoms with E-state index in [0.29, 0.717) is 6.42 Å². The predicted octanol–water partition coefficient (Wildman–Crippen LogP) is 0.928. The third-order valence-corrected chi connectivity index (χ3v) is 2.52. The fourth-order valence-corrected chi connectivity index (χ4v) is 1.68. The molecule has 0 aliphatic heterocycles. The van der Waals surface area contributed by atoms with E-state index in [-0.39, 0.29) is 24.9 Å². The van der Waals surface area contributed by atoms with E-state index < -0.39 is 5.97 Å². The average Bonchev–Trinajstić information content (AvgIpc) is 2.35. The van der Waals surface area contributed by atoms with Crippen molar-refractivity contribution in [2.75, 3.05) is 13.6 Å². The molecule has 5 nitrogen and oxygen atoms in total. The predicted molar refractivity (Wildman–Crippen MR) is 68.1 cm³/mol. The molecule has 18 heavy (non-hydrogen) atoms. The van der Waals surface area contributed by atoms with Gasteiger partial charge in [-0.05, 0) is 19.0 Å². The first-order chi connectivity index (χ1) is 8.63. The summed E-state index contributed by atoms with van der Waals surface area (Å²) in [6.07, 6.45) is 0.411. The lowest BCUT2D eigenvalue weighted by atomic mass is 10.0. The van der Waals surface area contributed by atoms with Crippen LogP contribution >= 0.6 is 0 Å². The van der Waals surface area contributed by atoms with Gasteiger partial charge in [-0.2, -0.15) is 0 Å². The molecule has 5 heteroatoms. The van der Waals surface area contributed by atoms with Crippen molar-refractivity contribution in [1.82, 2.24) is 10.6 Å². The van der Waals surface area contributed by atoms with Crippen molar-refractivity contribution in [3.8, 4) is 0 Å². The molecule has 0 spiro atoms. The fraction of sp³-hybridized carbons (Fsp3) is 0.385. The zero-order chi connectivity index (χ0) is 13.4. The van der Waals surface area contributed by atoms with Crippen LogP contribution in [0.2, 0.25) is 0 Å². The van der Waals surface area contributed by atoms with Crippen LogP contribution in [-0.4, -0.2) is 30.6 Å². The first-order valence-electron chi connectivity index (χ1n) is 5.84. The first-order valence-corrected chi connectivity index (χ1v) is 5.84. The summed E-state index contributed by atoms with van der Waals surface area (Å²) in [5, 5.41) is 14.3. The van der Waals surface area contributed by atoms with Crippen LogP contribution in [0.4, 0.5) is 0 Å². The molecule has 1 atom stereocenters. The van der Waals surface area contributed by atoms with Gasteiger partial charge in [-0.15, -0.1) is 0 Å². The van der Waals surface area contributed by atoms with Gasteiger partial charge in [0.25, 0.3) is 0 Å². The summed E-state index contributed by atoms with van der Waals surface area (Å²) in [6.45, 7) is 0.219. The number of aliphatic carboxylic acids is 1. The quantitative estimate of drug-likeness (QED) is 0.672. The standard InChI is InChI=1S/C13H18N2O3/c1-14-9-12(16)15-11(7-8-13(17)18)10-5-3-2-4-6-10/h2-6,11,14H,7-9H2,1H3,(H,15,16)(H,17,18). The van der Waals surface area contributed by atoms with Gasteiger partial charge < -0.3 is 15.7 Å². The number of carboxylic acids is 1. The second kappa shape index (κ2) is 7.45. The smallest absolute Gasteiger partial charge is 0.303 e. The highest BCUT2D eigenvalue weighted by atomic mass is 16.4. The molecular formula is C13H18N2O3. The molecule has 1 aromatic carbocycles. The Balaban J connectivity index is 2.69. The Hall–Kier alpha value is -1.88. The molecule has 0 bridgehead atoms. The lowest BCUT2D eigenvalue weighted by Gasteiger charge is -2.18. The number of carboxylic acid groups (broad SMARTS) is 1. The second-order valence-electron chi connectivity index (χ2n) is 3.99. The Morgan fingerprint density at radius 1 is 1.28 bits per heavy atom. The molecule has 0 saturated heterocycles. The van der Waals surface area contributed by atoms with E-state index in [2.05, 4.69) is 10.6 Å². The number of carbonyl (C=O) groups excluding carboxylic acids is 1.